The first kappa shape index (κ1) is 8.97. The molecule has 1 rings (SSSR count). The van der Waals surface area contributed by atoms with Gasteiger partial charge < -0.3 is 0 Å². The van der Waals surface area contributed by atoms with Crippen LogP contribution in [0.25, 0.3) is 10.4 Å². The lowest BCUT2D eigenvalue weighted by Gasteiger charge is -2.03. The summed E-state index contributed by atoms with van der Waals surface area (Å²) in [4.78, 5) is 2.71. The van der Waals surface area contributed by atoms with E-state index < -0.39 is 0 Å². The zero-order chi connectivity index (χ0) is 8.97. The van der Waals surface area contributed by atoms with Crippen LogP contribution in [0.3, 0.4) is 0 Å². The minimum Gasteiger partial charge on any atom is -0.171 e. The van der Waals surface area contributed by atoms with Crippen molar-refractivity contribution >= 4 is 18.3 Å². The second kappa shape index (κ2) is 4.04. The van der Waals surface area contributed by atoms with Crippen LogP contribution in [0.5, 0.6) is 0 Å². The van der Waals surface area contributed by atoms with E-state index in [2.05, 4.69) is 22.7 Å². The zero-order valence-corrected chi connectivity index (χ0v) is 7.57. The topological polar surface area (TPSA) is 48.8 Å². The van der Waals surface area contributed by atoms with E-state index >= 15 is 0 Å². The number of thiol groups is 1. The van der Waals surface area contributed by atoms with Crippen LogP contribution in [0.1, 0.15) is 17.7 Å². The second-order valence-electron chi connectivity index (χ2n) is 2.46. The average Bonchev–Trinajstić information content (AvgIpc) is 2.05. The van der Waals surface area contributed by atoms with Gasteiger partial charge in [-0.25, -0.2) is 0 Å². The predicted octanol–water partition coefficient (Wildman–Crippen LogP) is 3.62. The fraction of sp³-hybridized carbons (Fsp3) is 0.250. The van der Waals surface area contributed by atoms with Crippen molar-refractivity contribution in [3.8, 4) is 0 Å². The van der Waals surface area contributed by atoms with Crippen LogP contribution in [0, 0.1) is 0 Å². The second-order valence-corrected chi connectivity index (χ2v) is 3.23. The van der Waals surface area contributed by atoms with Gasteiger partial charge in [0, 0.05) is 15.8 Å². The molecule has 0 saturated carbocycles. The summed E-state index contributed by atoms with van der Waals surface area (Å²) in [6.45, 7) is 1.97. The monoisotopic (exact) mass is 179 g/mol. The Labute approximate surface area is 76.5 Å². The molecule has 0 spiro atoms. The molecule has 0 bridgehead atoms. The number of hydrogen-bond acceptors (Lipinski definition) is 2. The van der Waals surface area contributed by atoms with Gasteiger partial charge in [-0.05, 0) is 24.1 Å². The highest BCUT2D eigenvalue weighted by atomic mass is 32.1. The Bertz CT molecular complexity index is 316. The highest BCUT2D eigenvalue weighted by molar-refractivity contribution is 7.80. The molecule has 62 valence electrons. The van der Waals surface area contributed by atoms with Gasteiger partial charge in [-0.1, -0.05) is 23.3 Å². The first-order valence-electron chi connectivity index (χ1n) is 3.57. The van der Waals surface area contributed by atoms with Crippen LogP contribution in [0.15, 0.2) is 29.4 Å². The van der Waals surface area contributed by atoms with E-state index in [0.717, 1.165) is 5.56 Å². The number of rotatable bonds is 2. The molecule has 1 atom stereocenters. The predicted molar refractivity (Wildman–Crippen MR) is 52.6 cm³/mol. The minimum absolute atomic E-state index is 0.166. The first-order chi connectivity index (χ1) is 5.74. The molecule has 3 nitrogen and oxygen atoms in total. The molecule has 0 amide bonds. The SMILES string of the molecule is CC(S)c1cccc(N=[N+]=[N-])c1. The molecule has 0 aromatic heterocycles. The summed E-state index contributed by atoms with van der Waals surface area (Å²) in [7, 11) is 0. The van der Waals surface area contributed by atoms with Crippen LogP contribution < -0.4 is 0 Å². The van der Waals surface area contributed by atoms with Crippen LogP contribution in [-0.2, 0) is 0 Å². The molecule has 0 aliphatic heterocycles. The molecule has 4 heteroatoms. The Morgan fingerprint density at radius 3 is 2.92 bits per heavy atom. The van der Waals surface area contributed by atoms with Crippen LogP contribution >= 0.6 is 12.6 Å². The Kier molecular flexibility index (Phi) is 3.02. The van der Waals surface area contributed by atoms with Gasteiger partial charge in [-0.15, -0.1) is 0 Å². The van der Waals surface area contributed by atoms with E-state index in [4.69, 9.17) is 5.53 Å². The lowest BCUT2D eigenvalue weighted by atomic mass is 10.1. The van der Waals surface area contributed by atoms with Gasteiger partial charge in [0.25, 0.3) is 0 Å². The van der Waals surface area contributed by atoms with Crippen molar-refractivity contribution in [2.24, 2.45) is 5.11 Å². The van der Waals surface area contributed by atoms with E-state index in [-0.39, 0.29) is 5.25 Å². The van der Waals surface area contributed by atoms with E-state index in [0.29, 0.717) is 5.69 Å². The van der Waals surface area contributed by atoms with Crippen molar-refractivity contribution in [3.63, 3.8) is 0 Å². The molecule has 1 aromatic carbocycles. The van der Waals surface area contributed by atoms with Crippen molar-refractivity contribution in [1.29, 1.82) is 0 Å². The normalized spacial score (nSPS) is 11.8. The lowest BCUT2D eigenvalue weighted by molar-refractivity contribution is 1.11. The molecule has 12 heavy (non-hydrogen) atoms. The number of azide groups is 1. The molecule has 0 aliphatic rings. The van der Waals surface area contributed by atoms with Gasteiger partial charge in [0.05, 0.1) is 0 Å². The molecule has 0 fully saturated rings. The molecule has 1 aromatic rings. The van der Waals surface area contributed by atoms with Gasteiger partial charge in [0.1, 0.15) is 0 Å². The minimum atomic E-state index is 0.166. The number of benzene rings is 1. The first-order valence-corrected chi connectivity index (χ1v) is 4.09. The summed E-state index contributed by atoms with van der Waals surface area (Å²) in [5.41, 5.74) is 9.88. The fourth-order valence-electron chi connectivity index (χ4n) is 0.898. The van der Waals surface area contributed by atoms with E-state index in [1.807, 2.05) is 25.1 Å². The Morgan fingerprint density at radius 2 is 2.33 bits per heavy atom. The van der Waals surface area contributed by atoms with Crippen molar-refractivity contribution in [2.75, 3.05) is 0 Å². The summed E-state index contributed by atoms with van der Waals surface area (Å²) >= 11 is 4.27. The maximum absolute atomic E-state index is 8.19. The number of nitrogens with zero attached hydrogens (tertiary/aromatic N) is 3. The zero-order valence-electron chi connectivity index (χ0n) is 6.68. The molecule has 1 unspecified atom stereocenters. The lowest BCUT2D eigenvalue weighted by Crippen LogP contribution is -1.81. The Morgan fingerprint density at radius 1 is 1.58 bits per heavy atom. The van der Waals surface area contributed by atoms with E-state index in [1.54, 1.807) is 6.07 Å². The average molecular weight is 179 g/mol. The molecule has 0 aliphatic carbocycles. The standard InChI is InChI=1S/C8H9N3S/c1-6(12)7-3-2-4-8(5-7)10-11-9/h2-6,12H,1H3. The molecule has 0 heterocycles. The van der Waals surface area contributed by atoms with Gasteiger partial charge in [0.15, 0.2) is 0 Å². The summed E-state index contributed by atoms with van der Waals surface area (Å²) in [5.74, 6) is 0. The third-order valence-corrected chi connectivity index (χ3v) is 1.81. The van der Waals surface area contributed by atoms with Crippen LogP contribution in [0.4, 0.5) is 5.69 Å². The highest BCUT2D eigenvalue weighted by Crippen LogP contribution is 2.23. The fourth-order valence-corrected chi connectivity index (χ4v) is 1.06. The molecule has 0 radical (unpaired) electrons. The van der Waals surface area contributed by atoms with Crippen molar-refractivity contribution < 1.29 is 0 Å². The van der Waals surface area contributed by atoms with Gasteiger partial charge in [-0.2, -0.15) is 12.6 Å². The highest BCUT2D eigenvalue weighted by Gasteiger charge is 1.98. The van der Waals surface area contributed by atoms with Crippen molar-refractivity contribution in [1.82, 2.24) is 0 Å². The van der Waals surface area contributed by atoms with Gasteiger partial charge in [-0.3, -0.25) is 0 Å². The van der Waals surface area contributed by atoms with Crippen LogP contribution in [0.2, 0.25) is 0 Å². The van der Waals surface area contributed by atoms with Crippen molar-refractivity contribution in [3.05, 3.63) is 40.3 Å². The third-order valence-electron chi connectivity index (χ3n) is 1.51. The van der Waals surface area contributed by atoms with Crippen molar-refractivity contribution in [2.45, 2.75) is 12.2 Å². The molecule has 0 saturated heterocycles. The van der Waals surface area contributed by atoms with Gasteiger partial charge in [0.2, 0.25) is 0 Å². The molecular formula is C8H9N3S. The molecule has 0 N–H and O–H groups in total. The quantitative estimate of drug-likeness (QED) is 0.312. The maximum Gasteiger partial charge on any atom is 0.0378 e. The Hall–Kier alpha value is -1.12. The van der Waals surface area contributed by atoms with Gasteiger partial charge >= 0.3 is 0 Å². The largest absolute Gasteiger partial charge is 0.171 e. The third kappa shape index (κ3) is 2.19. The van der Waals surface area contributed by atoms with E-state index in [1.165, 1.54) is 0 Å². The Balaban J connectivity index is 3.03. The van der Waals surface area contributed by atoms with E-state index in [9.17, 15) is 0 Å². The summed E-state index contributed by atoms with van der Waals surface area (Å²) in [6.07, 6.45) is 0. The summed E-state index contributed by atoms with van der Waals surface area (Å²) < 4.78 is 0. The summed E-state index contributed by atoms with van der Waals surface area (Å²) in [5, 5.41) is 3.66. The molecular weight excluding hydrogens is 170 g/mol. The van der Waals surface area contributed by atoms with Crippen LogP contribution in [-0.4, -0.2) is 0 Å². The maximum atomic E-state index is 8.19. The summed E-state index contributed by atoms with van der Waals surface area (Å²) in [6, 6.07) is 7.40. The smallest absolute Gasteiger partial charge is 0.0378 e. The number of hydrogen-bond donors (Lipinski definition) is 1.